The van der Waals surface area contributed by atoms with Crippen LogP contribution < -0.4 is 11.2 Å². The Morgan fingerprint density at radius 2 is 2.07 bits per heavy atom. The zero-order valence-corrected chi connectivity index (χ0v) is 16.1. The lowest BCUT2D eigenvalue weighted by atomic mass is 10.1. The summed E-state index contributed by atoms with van der Waals surface area (Å²) in [7, 11) is 0. The predicted molar refractivity (Wildman–Crippen MR) is 108 cm³/mol. The number of nitrogens with one attached hydrogen (secondary N) is 1. The third-order valence-corrected chi connectivity index (χ3v) is 4.95. The Hall–Kier alpha value is -3.86. The Balaban J connectivity index is 1.70. The van der Waals surface area contributed by atoms with E-state index >= 15 is 0 Å². The largest absolute Gasteiger partial charge is 0.378 e. The fraction of sp³-hybridized carbons (Fsp3) is 0.111. The molecule has 0 unspecified atom stereocenters. The predicted octanol–water partition coefficient (Wildman–Crippen LogP) is 2.51. The van der Waals surface area contributed by atoms with Crippen LogP contribution in [-0.4, -0.2) is 36.9 Å². The minimum Gasteiger partial charge on any atom is -0.378 e. The minimum absolute atomic E-state index is 0.0371. The monoisotopic (exact) mass is 408 g/mol. The first kappa shape index (κ1) is 18.5. The van der Waals surface area contributed by atoms with E-state index in [0.717, 1.165) is 16.2 Å². The van der Waals surface area contributed by atoms with Crippen LogP contribution in [0.2, 0.25) is 0 Å². The molecule has 0 saturated heterocycles. The number of amides is 1. The van der Waals surface area contributed by atoms with Crippen molar-refractivity contribution >= 4 is 28.8 Å². The molecule has 0 atom stereocenters. The SMILES string of the molecule is CC/C(=N\NC(=O)c1nnn(-c2nonc2N)c1-c1cccs1)c1ccccc1. The van der Waals surface area contributed by atoms with E-state index in [9.17, 15) is 4.79 Å². The van der Waals surface area contributed by atoms with Gasteiger partial charge < -0.3 is 5.73 Å². The number of nitrogens with zero attached hydrogens (tertiary/aromatic N) is 6. The van der Waals surface area contributed by atoms with Gasteiger partial charge in [0.1, 0.15) is 5.69 Å². The third kappa shape index (κ3) is 3.62. The number of nitrogens with two attached hydrogens (primary N) is 1. The Morgan fingerprint density at radius 3 is 2.72 bits per heavy atom. The fourth-order valence-electron chi connectivity index (χ4n) is 2.70. The molecular weight excluding hydrogens is 392 g/mol. The van der Waals surface area contributed by atoms with E-state index in [4.69, 9.17) is 5.73 Å². The van der Waals surface area contributed by atoms with Crippen molar-refractivity contribution in [1.82, 2.24) is 30.7 Å². The molecule has 11 heteroatoms. The summed E-state index contributed by atoms with van der Waals surface area (Å²) in [4.78, 5) is 13.6. The molecule has 3 heterocycles. The van der Waals surface area contributed by atoms with Gasteiger partial charge in [-0.25, -0.2) is 10.1 Å². The molecule has 0 aliphatic heterocycles. The highest BCUT2D eigenvalue weighted by molar-refractivity contribution is 7.13. The summed E-state index contributed by atoms with van der Waals surface area (Å²) in [6, 6.07) is 13.3. The number of carbonyl (C=O) groups excluding carboxylic acids is 1. The number of anilines is 1. The molecule has 146 valence electrons. The average molecular weight is 408 g/mol. The molecule has 4 aromatic rings. The van der Waals surface area contributed by atoms with Crippen LogP contribution in [-0.2, 0) is 0 Å². The van der Waals surface area contributed by atoms with Crippen molar-refractivity contribution in [3.8, 4) is 16.4 Å². The first-order valence-electron chi connectivity index (χ1n) is 8.69. The van der Waals surface area contributed by atoms with Crippen LogP contribution >= 0.6 is 11.3 Å². The second-order valence-electron chi connectivity index (χ2n) is 5.87. The molecule has 0 spiro atoms. The highest BCUT2D eigenvalue weighted by Gasteiger charge is 2.25. The Kier molecular flexibility index (Phi) is 5.12. The van der Waals surface area contributed by atoms with Gasteiger partial charge in [-0.05, 0) is 33.7 Å². The van der Waals surface area contributed by atoms with Crippen LogP contribution in [0.1, 0.15) is 29.4 Å². The van der Waals surface area contributed by atoms with Gasteiger partial charge in [-0.15, -0.1) is 16.4 Å². The molecular formula is C18H16N8O2S. The summed E-state index contributed by atoms with van der Waals surface area (Å²) in [6.45, 7) is 1.96. The van der Waals surface area contributed by atoms with Gasteiger partial charge in [0.25, 0.3) is 5.91 Å². The summed E-state index contributed by atoms with van der Waals surface area (Å²) in [5.41, 5.74) is 10.5. The maximum absolute atomic E-state index is 12.9. The fourth-order valence-corrected chi connectivity index (χ4v) is 3.46. The lowest BCUT2D eigenvalue weighted by Gasteiger charge is -2.05. The number of hydrogen-bond donors (Lipinski definition) is 2. The lowest BCUT2D eigenvalue weighted by molar-refractivity contribution is 0.0950. The maximum atomic E-state index is 12.9. The number of nitrogen functional groups attached to an aromatic ring is 1. The van der Waals surface area contributed by atoms with Crippen molar-refractivity contribution in [2.75, 3.05) is 5.73 Å². The Morgan fingerprint density at radius 1 is 1.24 bits per heavy atom. The minimum atomic E-state index is -0.503. The number of aromatic nitrogens is 5. The first-order chi connectivity index (χ1) is 14.2. The Bertz CT molecular complexity index is 1150. The molecule has 4 rings (SSSR count). The summed E-state index contributed by atoms with van der Waals surface area (Å²) in [5, 5.41) is 21.5. The van der Waals surface area contributed by atoms with Gasteiger partial charge in [0.15, 0.2) is 5.69 Å². The molecule has 29 heavy (non-hydrogen) atoms. The van der Waals surface area contributed by atoms with Gasteiger partial charge in [-0.2, -0.15) is 9.78 Å². The average Bonchev–Trinajstić information content (AvgIpc) is 3.49. The highest BCUT2D eigenvalue weighted by Crippen LogP contribution is 2.29. The summed E-state index contributed by atoms with van der Waals surface area (Å²) >= 11 is 1.42. The number of thiophene rings is 1. The number of carbonyl (C=O) groups is 1. The molecule has 0 aliphatic rings. The summed E-state index contributed by atoms with van der Waals surface area (Å²) in [5.74, 6) is -0.312. The number of rotatable bonds is 6. The second-order valence-corrected chi connectivity index (χ2v) is 6.82. The molecule has 1 aromatic carbocycles. The van der Waals surface area contributed by atoms with Gasteiger partial charge in [0, 0.05) is 0 Å². The number of benzene rings is 1. The molecule has 0 aliphatic carbocycles. The maximum Gasteiger partial charge on any atom is 0.294 e. The van der Waals surface area contributed by atoms with E-state index in [2.05, 4.69) is 35.8 Å². The van der Waals surface area contributed by atoms with E-state index in [1.165, 1.54) is 16.0 Å². The van der Waals surface area contributed by atoms with E-state index < -0.39 is 5.91 Å². The van der Waals surface area contributed by atoms with E-state index in [1.54, 1.807) is 0 Å². The van der Waals surface area contributed by atoms with Crippen molar-refractivity contribution in [2.24, 2.45) is 5.10 Å². The highest BCUT2D eigenvalue weighted by atomic mass is 32.1. The normalized spacial score (nSPS) is 11.6. The van der Waals surface area contributed by atoms with Gasteiger partial charge in [0.05, 0.1) is 10.6 Å². The van der Waals surface area contributed by atoms with E-state index in [1.807, 2.05) is 54.8 Å². The van der Waals surface area contributed by atoms with Crippen molar-refractivity contribution in [3.63, 3.8) is 0 Å². The van der Waals surface area contributed by atoms with Crippen LogP contribution in [0.5, 0.6) is 0 Å². The van der Waals surface area contributed by atoms with Crippen molar-refractivity contribution in [2.45, 2.75) is 13.3 Å². The topological polar surface area (TPSA) is 137 Å². The summed E-state index contributed by atoms with van der Waals surface area (Å²) in [6.07, 6.45) is 0.649. The molecule has 0 fully saturated rings. The van der Waals surface area contributed by atoms with E-state index in [-0.39, 0.29) is 17.3 Å². The standard InChI is InChI=1S/C18H16N8O2S/c1-2-12(11-7-4-3-5-8-11)20-22-18(27)14-15(13-9-6-10-29-13)26(25-21-14)17-16(19)23-28-24-17/h3-10H,2H2,1H3,(H2,19,23)(H,22,27)/b20-12+. The molecule has 3 N–H and O–H groups in total. The van der Waals surface area contributed by atoms with Gasteiger partial charge in [-0.1, -0.05) is 48.5 Å². The van der Waals surface area contributed by atoms with Crippen LogP contribution in [0, 0.1) is 0 Å². The Labute approximate surface area is 169 Å². The van der Waals surface area contributed by atoms with Crippen LogP contribution in [0.4, 0.5) is 5.82 Å². The quantitative estimate of drug-likeness (QED) is 0.369. The first-order valence-corrected chi connectivity index (χ1v) is 9.57. The summed E-state index contributed by atoms with van der Waals surface area (Å²) < 4.78 is 5.98. The lowest BCUT2D eigenvalue weighted by Crippen LogP contribution is -2.21. The van der Waals surface area contributed by atoms with E-state index in [0.29, 0.717) is 12.1 Å². The molecule has 10 nitrogen and oxygen atoms in total. The number of hydrazone groups is 1. The molecule has 0 saturated carbocycles. The van der Waals surface area contributed by atoms with Crippen LogP contribution in [0.3, 0.4) is 0 Å². The van der Waals surface area contributed by atoms with Crippen LogP contribution in [0.25, 0.3) is 16.4 Å². The third-order valence-electron chi connectivity index (χ3n) is 4.07. The molecule has 0 radical (unpaired) electrons. The van der Waals surface area contributed by atoms with Gasteiger partial charge in [-0.3, -0.25) is 4.79 Å². The molecule has 0 bridgehead atoms. The van der Waals surface area contributed by atoms with Crippen molar-refractivity contribution in [3.05, 3.63) is 59.1 Å². The molecule has 1 amide bonds. The number of hydrogen-bond acceptors (Lipinski definition) is 9. The van der Waals surface area contributed by atoms with Crippen LogP contribution in [0.15, 0.2) is 57.6 Å². The van der Waals surface area contributed by atoms with Crippen molar-refractivity contribution < 1.29 is 9.42 Å². The molecule has 3 aromatic heterocycles. The van der Waals surface area contributed by atoms with Gasteiger partial charge in [0.2, 0.25) is 11.6 Å². The van der Waals surface area contributed by atoms with Gasteiger partial charge >= 0.3 is 0 Å². The zero-order valence-electron chi connectivity index (χ0n) is 15.3. The zero-order chi connectivity index (χ0) is 20.2. The van der Waals surface area contributed by atoms with Crippen molar-refractivity contribution in [1.29, 1.82) is 0 Å². The second kappa shape index (κ2) is 8.02. The smallest absolute Gasteiger partial charge is 0.294 e.